The van der Waals surface area contributed by atoms with Gasteiger partial charge in [0.25, 0.3) is 0 Å². The number of hydrogen-bond acceptors (Lipinski definition) is 1. The Kier molecular flexibility index (Phi) is 5.11. The number of allylic oxidation sites excluding steroid dienone is 2. The van der Waals surface area contributed by atoms with Crippen LogP contribution in [0.3, 0.4) is 0 Å². The van der Waals surface area contributed by atoms with Crippen molar-refractivity contribution in [2.24, 2.45) is 0 Å². The molecule has 1 heteroatoms. The molecule has 1 saturated carbocycles. The standard InChI is InChI=1S/C34H30O/c1-24(2)25-18-20-29(21-19-25)34-23-22-33(32(34)35,28-16-10-5-11-17-28)30(26-12-6-3-7-13-26)31(34)27-14-8-4-9-15-27/h3-24,30-31H,1-2H3. The monoisotopic (exact) mass is 454 g/mol. The van der Waals surface area contributed by atoms with Crippen molar-refractivity contribution in [2.75, 3.05) is 0 Å². The maximum atomic E-state index is 14.9. The molecule has 0 spiro atoms. The first-order valence-electron chi connectivity index (χ1n) is 12.6. The summed E-state index contributed by atoms with van der Waals surface area (Å²) in [5.74, 6) is 0.728. The molecule has 0 aliphatic heterocycles. The van der Waals surface area contributed by atoms with Crippen molar-refractivity contribution in [3.8, 4) is 0 Å². The maximum absolute atomic E-state index is 14.9. The van der Waals surface area contributed by atoms with Crippen LogP contribution in [-0.2, 0) is 15.6 Å². The minimum Gasteiger partial charge on any atom is -0.297 e. The minimum absolute atomic E-state index is 0.00391. The third-order valence-corrected chi connectivity index (χ3v) is 8.30. The number of ketones is 1. The van der Waals surface area contributed by atoms with E-state index < -0.39 is 10.8 Å². The van der Waals surface area contributed by atoms with Crippen LogP contribution in [-0.4, -0.2) is 5.78 Å². The van der Waals surface area contributed by atoms with Gasteiger partial charge in [0.15, 0.2) is 5.78 Å². The molecule has 0 amide bonds. The highest BCUT2D eigenvalue weighted by molar-refractivity contribution is 6.10. The van der Waals surface area contributed by atoms with Crippen molar-refractivity contribution in [2.45, 2.75) is 42.4 Å². The van der Waals surface area contributed by atoms with E-state index in [1.165, 1.54) is 16.7 Å². The number of benzene rings is 4. The first-order chi connectivity index (χ1) is 17.1. The van der Waals surface area contributed by atoms with E-state index in [2.05, 4.69) is 135 Å². The summed E-state index contributed by atoms with van der Waals surface area (Å²) in [6.07, 6.45) is 4.45. The van der Waals surface area contributed by atoms with Crippen molar-refractivity contribution in [3.05, 3.63) is 155 Å². The molecule has 0 N–H and O–H groups in total. The normalized spacial score (nSPS) is 27.0. The van der Waals surface area contributed by atoms with Gasteiger partial charge in [0.1, 0.15) is 0 Å². The molecule has 1 nitrogen and oxygen atoms in total. The van der Waals surface area contributed by atoms with Crippen LogP contribution >= 0.6 is 0 Å². The van der Waals surface area contributed by atoms with Crippen molar-refractivity contribution in [3.63, 3.8) is 0 Å². The Labute approximate surface area is 208 Å². The van der Waals surface area contributed by atoms with Crippen molar-refractivity contribution < 1.29 is 4.79 Å². The van der Waals surface area contributed by atoms with Crippen LogP contribution in [0.1, 0.15) is 59.4 Å². The highest BCUT2D eigenvalue weighted by Gasteiger charge is 2.70. The van der Waals surface area contributed by atoms with E-state index in [1.54, 1.807) is 0 Å². The number of hydrogen-bond donors (Lipinski definition) is 0. The molecule has 0 heterocycles. The third-order valence-electron chi connectivity index (χ3n) is 8.30. The molecule has 2 aliphatic rings. The highest BCUT2D eigenvalue weighted by atomic mass is 16.1. The van der Waals surface area contributed by atoms with E-state index in [9.17, 15) is 4.79 Å². The van der Waals surface area contributed by atoms with Gasteiger partial charge in [0, 0.05) is 11.8 Å². The Morgan fingerprint density at radius 3 is 1.37 bits per heavy atom. The number of carbonyl (C=O) groups is 1. The molecular formula is C34H30O. The molecule has 4 aromatic carbocycles. The van der Waals surface area contributed by atoms with Crippen LogP contribution in [0.25, 0.3) is 0 Å². The highest BCUT2D eigenvalue weighted by Crippen LogP contribution is 2.68. The summed E-state index contributed by atoms with van der Waals surface area (Å²) in [4.78, 5) is 14.9. The molecule has 2 bridgehead atoms. The predicted molar refractivity (Wildman–Crippen MR) is 143 cm³/mol. The predicted octanol–water partition coefficient (Wildman–Crippen LogP) is 7.71. The van der Waals surface area contributed by atoms with Gasteiger partial charge >= 0.3 is 0 Å². The van der Waals surface area contributed by atoms with Gasteiger partial charge in [0.2, 0.25) is 0 Å². The lowest BCUT2D eigenvalue weighted by atomic mass is 9.62. The van der Waals surface area contributed by atoms with Gasteiger partial charge in [-0.2, -0.15) is 0 Å². The van der Waals surface area contributed by atoms with Crippen LogP contribution in [0.15, 0.2) is 127 Å². The van der Waals surface area contributed by atoms with Gasteiger partial charge in [-0.3, -0.25) is 4.79 Å². The molecule has 4 aromatic rings. The largest absolute Gasteiger partial charge is 0.297 e. The van der Waals surface area contributed by atoms with Crippen molar-refractivity contribution in [1.29, 1.82) is 0 Å². The van der Waals surface area contributed by atoms with Crippen molar-refractivity contribution >= 4 is 5.78 Å². The molecule has 4 atom stereocenters. The van der Waals surface area contributed by atoms with Gasteiger partial charge in [-0.1, -0.05) is 141 Å². The molecule has 0 saturated heterocycles. The van der Waals surface area contributed by atoms with Crippen LogP contribution in [0.4, 0.5) is 0 Å². The zero-order chi connectivity index (χ0) is 24.0. The second-order valence-electron chi connectivity index (χ2n) is 10.3. The Morgan fingerprint density at radius 1 is 0.543 bits per heavy atom. The summed E-state index contributed by atoms with van der Waals surface area (Å²) < 4.78 is 0. The maximum Gasteiger partial charge on any atom is 0.162 e. The number of rotatable bonds is 5. The molecule has 0 aromatic heterocycles. The summed E-state index contributed by atoms with van der Waals surface area (Å²) in [6, 6.07) is 40.5. The topological polar surface area (TPSA) is 17.1 Å². The third kappa shape index (κ3) is 3.04. The van der Waals surface area contributed by atoms with E-state index in [-0.39, 0.29) is 17.6 Å². The van der Waals surface area contributed by atoms with Crippen LogP contribution < -0.4 is 0 Å². The zero-order valence-corrected chi connectivity index (χ0v) is 20.3. The smallest absolute Gasteiger partial charge is 0.162 e. The quantitative estimate of drug-likeness (QED) is 0.282. The van der Waals surface area contributed by atoms with Gasteiger partial charge in [0.05, 0.1) is 10.8 Å². The SMILES string of the molecule is CC(C)c1ccc(C23C=CC(c4ccccc4)(C2=O)C(c2ccccc2)C3c2ccccc2)cc1. The fourth-order valence-electron chi connectivity index (χ4n) is 6.68. The fourth-order valence-corrected chi connectivity index (χ4v) is 6.68. The van der Waals surface area contributed by atoms with Gasteiger partial charge in [-0.15, -0.1) is 0 Å². The van der Waals surface area contributed by atoms with E-state index in [0.29, 0.717) is 5.92 Å². The Balaban J connectivity index is 1.66. The molecular weight excluding hydrogens is 424 g/mol. The average Bonchev–Trinajstić information content (AvgIpc) is 3.35. The minimum atomic E-state index is -0.715. The molecule has 35 heavy (non-hydrogen) atoms. The van der Waals surface area contributed by atoms with Crippen LogP contribution in [0, 0.1) is 0 Å². The molecule has 0 radical (unpaired) electrons. The Morgan fingerprint density at radius 2 is 0.943 bits per heavy atom. The van der Waals surface area contributed by atoms with E-state index in [1.807, 2.05) is 6.07 Å². The molecule has 2 aliphatic carbocycles. The average molecular weight is 455 g/mol. The number of carbonyl (C=O) groups excluding carboxylic acids is 1. The van der Waals surface area contributed by atoms with E-state index >= 15 is 0 Å². The molecule has 6 rings (SSSR count). The summed E-state index contributed by atoms with van der Waals surface area (Å²) in [5.41, 5.74) is 4.46. The summed E-state index contributed by atoms with van der Waals surface area (Å²) in [6.45, 7) is 4.42. The fraction of sp³-hybridized carbons (Fsp3) is 0.206. The van der Waals surface area contributed by atoms with Gasteiger partial charge in [-0.25, -0.2) is 0 Å². The summed E-state index contributed by atoms with van der Waals surface area (Å²) in [7, 11) is 0. The lowest BCUT2D eigenvalue weighted by Crippen LogP contribution is -2.36. The van der Waals surface area contributed by atoms with Crippen molar-refractivity contribution in [1.82, 2.24) is 0 Å². The second-order valence-corrected chi connectivity index (χ2v) is 10.3. The van der Waals surface area contributed by atoms with Gasteiger partial charge < -0.3 is 0 Å². The number of Topliss-reactive ketones (excluding diaryl/α,β-unsaturated/α-hetero) is 1. The van der Waals surface area contributed by atoms with E-state index in [0.717, 1.165) is 11.1 Å². The Bertz CT molecular complexity index is 1370. The summed E-state index contributed by atoms with van der Waals surface area (Å²) >= 11 is 0. The Hall–Kier alpha value is -3.71. The summed E-state index contributed by atoms with van der Waals surface area (Å²) in [5, 5.41) is 0. The second kappa shape index (κ2) is 8.20. The van der Waals surface area contributed by atoms with Gasteiger partial charge in [-0.05, 0) is 33.7 Å². The van der Waals surface area contributed by atoms with E-state index in [4.69, 9.17) is 0 Å². The molecule has 1 fully saturated rings. The first kappa shape index (κ1) is 21.8. The lowest BCUT2D eigenvalue weighted by molar-refractivity contribution is -0.123. The molecule has 4 unspecified atom stereocenters. The number of fused-ring (bicyclic) bond motifs is 2. The van der Waals surface area contributed by atoms with Crippen LogP contribution in [0.2, 0.25) is 0 Å². The lowest BCUT2D eigenvalue weighted by Gasteiger charge is -2.39. The van der Waals surface area contributed by atoms with Crippen LogP contribution in [0.5, 0.6) is 0 Å². The molecule has 172 valence electrons. The first-order valence-corrected chi connectivity index (χ1v) is 12.6. The zero-order valence-electron chi connectivity index (χ0n) is 20.3.